The lowest BCUT2D eigenvalue weighted by Crippen LogP contribution is -2.14. The zero-order valence-electron chi connectivity index (χ0n) is 9.27. The van der Waals surface area contributed by atoms with Gasteiger partial charge in [0.25, 0.3) is 0 Å². The van der Waals surface area contributed by atoms with Crippen molar-refractivity contribution in [2.75, 3.05) is 6.54 Å². The lowest BCUT2D eigenvalue weighted by Gasteiger charge is -2.07. The molecule has 2 heterocycles. The summed E-state index contributed by atoms with van der Waals surface area (Å²) >= 11 is 0. The number of nitrogens with two attached hydrogens (primary N) is 1. The van der Waals surface area contributed by atoms with Crippen molar-refractivity contribution >= 4 is 5.65 Å². The molecule has 2 rings (SSSR count). The molecule has 1 unspecified atom stereocenters. The number of pyridine rings is 1. The molecule has 0 saturated carbocycles. The van der Waals surface area contributed by atoms with Crippen LogP contribution in [-0.2, 0) is 6.42 Å². The highest BCUT2D eigenvalue weighted by Gasteiger charge is 2.06. The van der Waals surface area contributed by atoms with Crippen LogP contribution in [0.4, 0.5) is 0 Å². The predicted octanol–water partition coefficient (Wildman–Crippen LogP) is 1.78. The summed E-state index contributed by atoms with van der Waals surface area (Å²) in [5.41, 5.74) is 9.13. The summed E-state index contributed by atoms with van der Waals surface area (Å²) in [5, 5.41) is 0. The first-order valence-corrected chi connectivity index (χ1v) is 5.33. The van der Waals surface area contributed by atoms with Gasteiger partial charge in [-0.25, -0.2) is 4.98 Å². The monoisotopic (exact) mass is 203 g/mol. The molecule has 0 fully saturated rings. The molecule has 0 saturated heterocycles. The Balaban J connectivity index is 2.36. The number of hydrogen-bond donors (Lipinski definition) is 1. The van der Waals surface area contributed by atoms with Crippen LogP contribution in [0.25, 0.3) is 5.65 Å². The van der Waals surface area contributed by atoms with E-state index in [1.54, 1.807) is 0 Å². The van der Waals surface area contributed by atoms with Crippen molar-refractivity contribution in [2.24, 2.45) is 11.7 Å². The van der Waals surface area contributed by atoms with E-state index < -0.39 is 0 Å². The second-order valence-electron chi connectivity index (χ2n) is 4.23. The molecule has 0 amide bonds. The Morgan fingerprint density at radius 1 is 1.53 bits per heavy atom. The van der Waals surface area contributed by atoms with E-state index in [-0.39, 0.29) is 0 Å². The second-order valence-corrected chi connectivity index (χ2v) is 4.23. The fourth-order valence-corrected chi connectivity index (χ4v) is 1.73. The first-order chi connectivity index (χ1) is 7.20. The lowest BCUT2D eigenvalue weighted by atomic mass is 10.1. The van der Waals surface area contributed by atoms with Gasteiger partial charge in [-0.1, -0.05) is 6.92 Å². The zero-order valence-corrected chi connectivity index (χ0v) is 9.27. The maximum atomic E-state index is 5.63. The average molecular weight is 203 g/mol. The summed E-state index contributed by atoms with van der Waals surface area (Å²) in [6.07, 6.45) is 5.01. The third kappa shape index (κ3) is 2.02. The molecule has 0 aliphatic rings. The number of fused-ring (bicyclic) bond motifs is 1. The number of nitrogens with zero attached hydrogens (tertiary/aromatic N) is 2. The van der Waals surface area contributed by atoms with E-state index in [1.807, 2.05) is 6.20 Å². The number of aryl methyl sites for hydroxylation is 1. The predicted molar refractivity (Wildman–Crippen MR) is 61.9 cm³/mol. The fourth-order valence-electron chi connectivity index (χ4n) is 1.73. The van der Waals surface area contributed by atoms with E-state index in [4.69, 9.17) is 5.73 Å². The molecule has 3 nitrogen and oxygen atoms in total. The molecule has 0 aromatic carbocycles. The van der Waals surface area contributed by atoms with Crippen LogP contribution in [0.15, 0.2) is 24.5 Å². The highest BCUT2D eigenvalue weighted by molar-refractivity contribution is 5.42. The highest BCUT2D eigenvalue weighted by atomic mass is 15.0. The number of rotatable bonds is 3. The summed E-state index contributed by atoms with van der Waals surface area (Å²) < 4.78 is 2.14. The topological polar surface area (TPSA) is 43.3 Å². The molecule has 2 N–H and O–H groups in total. The van der Waals surface area contributed by atoms with Crippen LogP contribution in [0.2, 0.25) is 0 Å². The van der Waals surface area contributed by atoms with Gasteiger partial charge in [0.05, 0.1) is 0 Å². The van der Waals surface area contributed by atoms with Crippen molar-refractivity contribution in [1.82, 2.24) is 9.38 Å². The van der Waals surface area contributed by atoms with Gasteiger partial charge in [0.2, 0.25) is 0 Å². The molecule has 2 aromatic heterocycles. The minimum Gasteiger partial charge on any atom is -0.330 e. The smallest absolute Gasteiger partial charge is 0.137 e. The molecule has 0 aliphatic heterocycles. The van der Waals surface area contributed by atoms with Crippen molar-refractivity contribution in [3.8, 4) is 0 Å². The normalized spacial score (nSPS) is 13.3. The van der Waals surface area contributed by atoms with Gasteiger partial charge in [-0.2, -0.15) is 0 Å². The van der Waals surface area contributed by atoms with Gasteiger partial charge in [0.15, 0.2) is 0 Å². The Labute approximate surface area is 89.9 Å². The van der Waals surface area contributed by atoms with E-state index >= 15 is 0 Å². The molecule has 80 valence electrons. The average Bonchev–Trinajstić information content (AvgIpc) is 2.60. The van der Waals surface area contributed by atoms with Gasteiger partial charge in [-0.15, -0.1) is 0 Å². The van der Waals surface area contributed by atoms with Crippen molar-refractivity contribution in [3.63, 3.8) is 0 Å². The van der Waals surface area contributed by atoms with Crippen LogP contribution < -0.4 is 5.73 Å². The van der Waals surface area contributed by atoms with Gasteiger partial charge in [0, 0.05) is 18.1 Å². The van der Waals surface area contributed by atoms with Crippen LogP contribution in [0.1, 0.15) is 18.2 Å². The van der Waals surface area contributed by atoms with E-state index in [2.05, 4.69) is 41.6 Å². The maximum absolute atomic E-state index is 5.63. The van der Waals surface area contributed by atoms with E-state index in [9.17, 15) is 0 Å². The van der Waals surface area contributed by atoms with Crippen molar-refractivity contribution in [3.05, 3.63) is 35.8 Å². The quantitative estimate of drug-likeness (QED) is 0.826. The van der Waals surface area contributed by atoms with Crippen molar-refractivity contribution < 1.29 is 0 Å². The van der Waals surface area contributed by atoms with E-state index in [0.29, 0.717) is 5.92 Å². The van der Waals surface area contributed by atoms with Gasteiger partial charge in [-0.05, 0) is 43.5 Å². The summed E-state index contributed by atoms with van der Waals surface area (Å²) in [7, 11) is 0. The number of aromatic nitrogens is 2. The van der Waals surface area contributed by atoms with Gasteiger partial charge in [0.1, 0.15) is 5.65 Å². The Kier molecular flexibility index (Phi) is 2.73. The molecule has 0 radical (unpaired) electrons. The lowest BCUT2D eigenvalue weighted by molar-refractivity contribution is 0.582. The summed E-state index contributed by atoms with van der Waals surface area (Å²) in [5.74, 6) is 0.506. The van der Waals surface area contributed by atoms with Crippen molar-refractivity contribution in [2.45, 2.75) is 20.3 Å². The molecule has 0 aliphatic carbocycles. The van der Waals surface area contributed by atoms with E-state index in [0.717, 1.165) is 18.6 Å². The second kappa shape index (κ2) is 4.03. The summed E-state index contributed by atoms with van der Waals surface area (Å²) in [6, 6.07) is 4.20. The minimum atomic E-state index is 0.506. The molecule has 0 spiro atoms. The largest absolute Gasteiger partial charge is 0.330 e. The van der Waals surface area contributed by atoms with Crippen LogP contribution in [0.3, 0.4) is 0 Å². The molecule has 3 heteroatoms. The first kappa shape index (κ1) is 10.2. The Morgan fingerprint density at radius 3 is 3.07 bits per heavy atom. The van der Waals surface area contributed by atoms with E-state index in [1.165, 1.54) is 11.3 Å². The number of imidazole rings is 1. The standard InChI is InChI=1S/C12H17N3/c1-9-3-4-15-11(5-10(2)7-13)8-14-12(15)6-9/h3-4,6,8,10H,5,7,13H2,1-2H3. The first-order valence-electron chi connectivity index (χ1n) is 5.33. The Bertz CT molecular complexity index is 459. The molecule has 2 aromatic rings. The zero-order chi connectivity index (χ0) is 10.8. The van der Waals surface area contributed by atoms with Gasteiger partial charge in [-0.3, -0.25) is 0 Å². The SMILES string of the molecule is Cc1ccn2c(CC(C)CN)cnc2c1. The molecular weight excluding hydrogens is 186 g/mol. The summed E-state index contributed by atoms with van der Waals surface area (Å²) in [4.78, 5) is 4.39. The van der Waals surface area contributed by atoms with Crippen LogP contribution in [0.5, 0.6) is 0 Å². The van der Waals surface area contributed by atoms with Crippen LogP contribution >= 0.6 is 0 Å². The summed E-state index contributed by atoms with van der Waals surface area (Å²) in [6.45, 7) is 4.96. The minimum absolute atomic E-state index is 0.506. The maximum Gasteiger partial charge on any atom is 0.137 e. The Morgan fingerprint density at radius 2 is 2.33 bits per heavy atom. The molecule has 0 bridgehead atoms. The highest BCUT2D eigenvalue weighted by Crippen LogP contribution is 2.12. The molecule has 1 atom stereocenters. The van der Waals surface area contributed by atoms with Crippen LogP contribution in [-0.4, -0.2) is 15.9 Å². The van der Waals surface area contributed by atoms with Gasteiger partial charge >= 0.3 is 0 Å². The van der Waals surface area contributed by atoms with Gasteiger partial charge < -0.3 is 10.1 Å². The number of hydrogen-bond acceptors (Lipinski definition) is 2. The van der Waals surface area contributed by atoms with Crippen molar-refractivity contribution in [1.29, 1.82) is 0 Å². The Hall–Kier alpha value is -1.35. The van der Waals surface area contributed by atoms with Crippen LogP contribution in [0, 0.1) is 12.8 Å². The third-order valence-electron chi connectivity index (χ3n) is 2.71. The third-order valence-corrected chi connectivity index (χ3v) is 2.71. The molecular formula is C12H17N3. The molecule has 15 heavy (non-hydrogen) atoms. The fraction of sp³-hybridized carbons (Fsp3) is 0.417.